The first-order valence-corrected chi connectivity index (χ1v) is 5.20. The standard InChI is InChI=1S/C12H14N2O/c1-15-8-3-2-7-4-12(9-6-10(9)13)14-11(7)5-8/h2-5,9-10,14H,6,13H2,1H3/t9-,10-/m1/s1. The van der Waals surface area contributed by atoms with E-state index in [0.717, 1.165) is 17.7 Å². The molecule has 15 heavy (non-hydrogen) atoms. The summed E-state index contributed by atoms with van der Waals surface area (Å²) >= 11 is 0. The fourth-order valence-electron chi connectivity index (χ4n) is 2.03. The molecule has 3 nitrogen and oxygen atoms in total. The summed E-state index contributed by atoms with van der Waals surface area (Å²) in [5, 5.41) is 1.23. The second-order valence-electron chi connectivity index (χ2n) is 4.18. The van der Waals surface area contributed by atoms with Crippen LogP contribution in [0.4, 0.5) is 0 Å². The molecule has 3 heteroatoms. The van der Waals surface area contributed by atoms with E-state index in [2.05, 4.69) is 17.1 Å². The van der Waals surface area contributed by atoms with E-state index in [1.807, 2.05) is 12.1 Å². The number of aromatic nitrogens is 1. The van der Waals surface area contributed by atoms with E-state index >= 15 is 0 Å². The third-order valence-corrected chi connectivity index (χ3v) is 3.09. The third kappa shape index (κ3) is 1.39. The van der Waals surface area contributed by atoms with Crippen LogP contribution in [0.25, 0.3) is 10.9 Å². The Labute approximate surface area is 88.2 Å². The van der Waals surface area contributed by atoms with Crippen LogP contribution >= 0.6 is 0 Å². The number of aromatic amines is 1. The van der Waals surface area contributed by atoms with E-state index in [9.17, 15) is 0 Å². The van der Waals surface area contributed by atoms with Crippen LogP contribution in [-0.4, -0.2) is 18.1 Å². The quantitative estimate of drug-likeness (QED) is 0.782. The SMILES string of the molecule is COc1ccc2cc([C@@H]3C[C@H]3N)[nH]c2c1. The predicted molar refractivity (Wildman–Crippen MR) is 60.2 cm³/mol. The minimum Gasteiger partial charge on any atom is -0.497 e. The molecule has 1 aliphatic carbocycles. The van der Waals surface area contributed by atoms with Gasteiger partial charge in [0.15, 0.2) is 0 Å². The lowest BCUT2D eigenvalue weighted by Gasteiger charge is -1.97. The van der Waals surface area contributed by atoms with Gasteiger partial charge in [-0.25, -0.2) is 0 Å². The normalized spacial score (nSPS) is 24.4. The minimum atomic E-state index is 0.347. The molecule has 2 atom stereocenters. The van der Waals surface area contributed by atoms with Crippen molar-refractivity contribution in [2.24, 2.45) is 5.73 Å². The Kier molecular flexibility index (Phi) is 1.76. The molecular formula is C12H14N2O. The number of rotatable bonds is 2. The first-order chi connectivity index (χ1) is 7.28. The highest BCUT2D eigenvalue weighted by atomic mass is 16.5. The Morgan fingerprint density at radius 1 is 1.40 bits per heavy atom. The zero-order valence-electron chi connectivity index (χ0n) is 8.66. The summed E-state index contributed by atoms with van der Waals surface area (Å²) in [7, 11) is 1.68. The van der Waals surface area contributed by atoms with Crippen molar-refractivity contribution in [2.45, 2.75) is 18.4 Å². The summed E-state index contributed by atoms with van der Waals surface area (Å²) in [5.74, 6) is 1.42. The van der Waals surface area contributed by atoms with E-state index in [-0.39, 0.29) is 0 Å². The molecule has 1 heterocycles. The topological polar surface area (TPSA) is 51.0 Å². The third-order valence-electron chi connectivity index (χ3n) is 3.09. The molecule has 2 aromatic rings. The highest BCUT2D eigenvalue weighted by Crippen LogP contribution is 2.39. The first-order valence-electron chi connectivity index (χ1n) is 5.20. The lowest BCUT2D eigenvalue weighted by Crippen LogP contribution is -2.00. The number of nitrogens with one attached hydrogen (secondary N) is 1. The molecule has 0 saturated heterocycles. The lowest BCUT2D eigenvalue weighted by molar-refractivity contribution is 0.415. The molecule has 78 valence electrons. The average molecular weight is 202 g/mol. The average Bonchev–Trinajstić information content (AvgIpc) is 2.83. The maximum Gasteiger partial charge on any atom is 0.120 e. The van der Waals surface area contributed by atoms with Crippen LogP contribution in [0, 0.1) is 0 Å². The zero-order chi connectivity index (χ0) is 10.4. The Morgan fingerprint density at radius 2 is 2.20 bits per heavy atom. The summed E-state index contributed by atoms with van der Waals surface area (Å²) < 4.78 is 5.18. The molecule has 1 fully saturated rings. The van der Waals surface area contributed by atoms with E-state index in [1.165, 1.54) is 11.1 Å². The van der Waals surface area contributed by atoms with Gasteiger partial charge in [0.25, 0.3) is 0 Å². The van der Waals surface area contributed by atoms with Gasteiger partial charge >= 0.3 is 0 Å². The van der Waals surface area contributed by atoms with Gasteiger partial charge in [-0.1, -0.05) is 0 Å². The number of methoxy groups -OCH3 is 1. The van der Waals surface area contributed by atoms with Gasteiger partial charge in [-0.3, -0.25) is 0 Å². The zero-order valence-corrected chi connectivity index (χ0v) is 8.66. The van der Waals surface area contributed by atoms with Crippen molar-refractivity contribution in [3.63, 3.8) is 0 Å². The highest BCUT2D eigenvalue weighted by molar-refractivity contribution is 5.82. The molecule has 0 spiro atoms. The minimum absolute atomic E-state index is 0.347. The Bertz CT molecular complexity index is 503. The van der Waals surface area contributed by atoms with Gasteiger partial charge < -0.3 is 15.5 Å². The number of hydrogen-bond acceptors (Lipinski definition) is 2. The molecule has 1 aromatic heterocycles. The van der Waals surface area contributed by atoms with Crippen molar-refractivity contribution in [1.29, 1.82) is 0 Å². The fraction of sp³-hybridized carbons (Fsp3) is 0.333. The van der Waals surface area contributed by atoms with Crippen LogP contribution in [0.3, 0.4) is 0 Å². The molecule has 1 aromatic carbocycles. The van der Waals surface area contributed by atoms with Crippen molar-refractivity contribution in [3.8, 4) is 5.75 Å². The van der Waals surface area contributed by atoms with E-state index < -0.39 is 0 Å². The van der Waals surface area contributed by atoms with Crippen LogP contribution < -0.4 is 10.5 Å². The predicted octanol–water partition coefficient (Wildman–Crippen LogP) is 1.99. The molecule has 3 rings (SSSR count). The Balaban J connectivity index is 2.06. The van der Waals surface area contributed by atoms with E-state index in [4.69, 9.17) is 10.5 Å². The second-order valence-corrected chi connectivity index (χ2v) is 4.18. The maximum absolute atomic E-state index is 5.83. The number of H-pyrrole nitrogens is 1. The summed E-state index contributed by atoms with van der Waals surface area (Å²) in [6.07, 6.45) is 1.10. The Morgan fingerprint density at radius 3 is 2.87 bits per heavy atom. The molecular weight excluding hydrogens is 188 g/mol. The molecule has 1 aliphatic rings. The van der Waals surface area contributed by atoms with Crippen LogP contribution in [0.15, 0.2) is 24.3 Å². The van der Waals surface area contributed by atoms with Gasteiger partial charge in [-0.05, 0) is 30.0 Å². The number of hydrogen-bond donors (Lipinski definition) is 2. The first kappa shape index (κ1) is 8.80. The number of benzene rings is 1. The van der Waals surface area contributed by atoms with Crippen LogP contribution in [0.1, 0.15) is 18.0 Å². The molecule has 0 unspecified atom stereocenters. The van der Waals surface area contributed by atoms with Crippen molar-refractivity contribution < 1.29 is 4.74 Å². The molecule has 0 amide bonds. The van der Waals surface area contributed by atoms with Crippen molar-refractivity contribution in [1.82, 2.24) is 4.98 Å². The van der Waals surface area contributed by atoms with Crippen LogP contribution in [-0.2, 0) is 0 Å². The summed E-state index contributed by atoms with van der Waals surface area (Å²) in [4.78, 5) is 3.40. The van der Waals surface area contributed by atoms with Crippen molar-refractivity contribution >= 4 is 10.9 Å². The highest BCUT2D eigenvalue weighted by Gasteiger charge is 2.35. The molecule has 0 radical (unpaired) electrons. The maximum atomic E-state index is 5.83. The lowest BCUT2D eigenvalue weighted by atomic mass is 10.2. The molecule has 3 N–H and O–H groups in total. The van der Waals surface area contributed by atoms with Crippen molar-refractivity contribution in [2.75, 3.05) is 7.11 Å². The van der Waals surface area contributed by atoms with E-state index in [1.54, 1.807) is 7.11 Å². The summed E-state index contributed by atoms with van der Waals surface area (Å²) in [6, 6.07) is 8.61. The summed E-state index contributed by atoms with van der Waals surface area (Å²) in [6.45, 7) is 0. The van der Waals surface area contributed by atoms with Gasteiger partial charge in [0.2, 0.25) is 0 Å². The van der Waals surface area contributed by atoms with Gasteiger partial charge in [0.05, 0.1) is 7.11 Å². The van der Waals surface area contributed by atoms with Crippen LogP contribution in [0.5, 0.6) is 5.75 Å². The molecule has 0 bridgehead atoms. The van der Waals surface area contributed by atoms with Gasteiger partial charge in [0, 0.05) is 29.2 Å². The monoisotopic (exact) mass is 202 g/mol. The van der Waals surface area contributed by atoms with Crippen LogP contribution in [0.2, 0.25) is 0 Å². The number of nitrogens with two attached hydrogens (primary N) is 1. The number of ether oxygens (including phenoxy) is 1. The fourth-order valence-corrected chi connectivity index (χ4v) is 2.03. The van der Waals surface area contributed by atoms with Gasteiger partial charge in [0.1, 0.15) is 5.75 Å². The van der Waals surface area contributed by atoms with Crippen molar-refractivity contribution in [3.05, 3.63) is 30.0 Å². The largest absolute Gasteiger partial charge is 0.497 e. The molecule has 0 aliphatic heterocycles. The smallest absolute Gasteiger partial charge is 0.120 e. The van der Waals surface area contributed by atoms with Gasteiger partial charge in [-0.2, -0.15) is 0 Å². The Hall–Kier alpha value is -1.48. The van der Waals surface area contributed by atoms with Gasteiger partial charge in [-0.15, -0.1) is 0 Å². The second kappa shape index (κ2) is 3.00. The molecule has 1 saturated carbocycles. The number of fused-ring (bicyclic) bond motifs is 1. The summed E-state index contributed by atoms with van der Waals surface area (Å²) in [5.41, 5.74) is 8.22. The van der Waals surface area contributed by atoms with E-state index in [0.29, 0.717) is 12.0 Å².